The van der Waals surface area contributed by atoms with Crippen molar-refractivity contribution in [1.82, 2.24) is 10.5 Å². The summed E-state index contributed by atoms with van der Waals surface area (Å²) in [4.78, 5) is 11.2. The zero-order valence-corrected chi connectivity index (χ0v) is 10.1. The van der Waals surface area contributed by atoms with Gasteiger partial charge in [-0.25, -0.2) is 0 Å². The van der Waals surface area contributed by atoms with Crippen LogP contribution in [0.5, 0.6) is 0 Å². The maximum absolute atomic E-state index is 11.2. The van der Waals surface area contributed by atoms with Crippen LogP contribution in [0.2, 0.25) is 0 Å². The molecule has 1 aromatic carbocycles. The Kier molecular flexibility index (Phi) is 3.91. The summed E-state index contributed by atoms with van der Waals surface area (Å²) < 4.78 is 5.22. The predicted molar refractivity (Wildman–Crippen MR) is 68.6 cm³/mol. The summed E-state index contributed by atoms with van der Waals surface area (Å²) in [5.41, 5.74) is 1.67. The number of carbonyl (C=O) groups is 1. The van der Waals surface area contributed by atoms with Crippen LogP contribution in [0, 0.1) is 0 Å². The third kappa shape index (κ3) is 3.07. The lowest BCUT2D eigenvalue weighted by Gasteiger charge is -1.96. The molecule has 2 rings (SSSR count). The van der Waals surface area contributed by atoms with Gasteiger partial charge in [0.05, 0.1) is 6.54 Å². The number of benzene rings is 1. The molecule has 18 heavy (non-hydrogen) atoms. The maximum atomic E-state index is 11.2. The Morgan fingerprint density at radius 3 is 2.89 bits per heavy atom. The van der Waals surface area contributed by atoms with Crippen molar-refractivity contribution in [2.24, 2.45) is 0 Å². The predicted octanol–water partition coefficient (Wildman–Crippen LogP) is 2.53. The van der Waals surface area contributed by atoms with Gasteiger partial charge in [0.15, 0.2) is 5.76 Å². The number of nitrogens with zero attached hydrogens (tertiary/aromatic N) is 1. The van der Waals surface area contributed by atoms with Gasteiger partial charge in [0.25, 0.3) is 0 Å². The van der Waals surface area contributed by atoms with E-state index >= 15 is 0 Å². The molecule has 4 heteroatoms. The van der Waals surface area contributed by atoms with E-state index in [9.17, 15) is 4.79 Å². The molecule has 0 atom stereocenters. The number of allylic oxidation sites excluding steroid dienone is 1. The molecule has 1 heterocycles. The molecule has 0 saturated carbocycles. The van der Waals surface area contributed by atoms with E-state index in [0.29, 0.717) is 18.0 Å². The molecular formula is C14H14N2O2. The Hall–Kier alpha value is -2.36. The van der Waals surface area contributed by atoms with Crippen LogP contribution in [0.4, 0.5) is 0 Å². The summed E-state index contributed by atoms with van der Waals surface area (Å²) in [6.07, 6.45) is 3.16. The molecule has 0 bridgehead atoms. The first-order valence-corrected chi connectivity index (χ1v) is 5.71. The average Bonchev–Trinajstić information content (AvgIpc) is 2.87. The van der Waals surface area contributed by atoms with Gasteiger partial charge >= 0.3 is 0 Å². The summed E-state index contributed by atoms with van der Waals surface area (Å²) in [6.45, 7) is 2.16. The van der Waals surface area contributed by atoms with Crippen LogP contribution in [-0.2, 0) is 11.3 Å². The zero-order chi connectivity index (χ0) is 12.8. The molecule has 0 aliphatic heterocycles. The second kappa shape index (κ2) is 5.82. The number of carbonyl (C=O) groups excluding carboxylic acids is 1. The molecule has 0 radical (unpaired) electrons. The minimum Gasteiger partial charge on any atom is -0.356 e. The van der Waals surface area contributed by atoms with Gasteiger partial charge < -0.3 is 9.84 Å². The zero-order valence-electron chi connectivity index (χ0n) is 10.1. The van der Waals surface area contributed by atoms with Crippen molar-refractivity contribution < 1.29 is 9.32 Å². The van der Waals surface area contributed by atoms with Gasteiger partial charge in [0.2, 0.25) is 5.91 Å². The second-order valence-electron chi connectivity index (χ2n) is 3.77. The first-order valence-electron chi connectivity index (χ1n) is 5.71. The Morgan fingerprint density at radius 2 is 2.17 bits per heavy atom. The van der Waals surface area contributed by atoms with Crippen LogP contribution < -0.4 is 5.32 Å². The molecule has 4 nitrogen and oxygen atoms in total. The smallest absolute Gasteiger partial charge is 0.243 e. The van der Waals surface area contributed by atoms with Crippen LogP contribution >= 0.6 is 0 Å². The van der Waals surface area contributed by atoms with E-state index < -0.39 is 0 Å². The fourth-order valence-corrected chi connectivity index (χ4v) is 1.52. The van der Waals surface area contributed by atoms with Crippen molar-refractivity contribution >= 4 is 5.91 Å². The van der Waals surface area contributed by atoms with Crippen LogP contribution in [0.1, 0.15) is 12.6 Å². The molecule has 92 valence electrons. The Labute approximate surface area is 105 Å². The fraction of sp³-hybridized carbons (Fsp3) is 0.143. The molecule has 0 aliphatic carbocycles. The fourth-order valence-electron chi connectivity index (χ4n) is 1.52. The van der Waals surface area contributed by atoms with Crippen molar-refractivity contribution in [3.05, 3.63) is 54.2 Å². The van der Waals surface area contributed by atoms with E-state index in [-0.39, 0.29) is 5.91 Å². The molecule has 0 spiro atoms. The number of hydrogen-bond donors (Lipinski definition) is 1. The number of hydrogen-bond acceptors (Lipinski definition) is 3. The van der Waals surface area contributed by atoms with Gasteiger partial charge in [-0.15, -0.1) is 0 Å². The maximum Gasteiger partial charge on any atom is 0.243 e. The third-order valence-electron chi connectivity index (χ3n) is 2.38. The number of rotatable bonds is 4. The van der Waals surface area contributed by atoms with Gasteiger partial charge in [-0.2, -0.15) is 0 Å². The Bertz CT molecular complexity index is 544. The lowest BCUT2D eigenvalue weighted by Crippen LogP contribution is -2.20. The molecule has 0 aliphatic rings. The van der Waals surface area contributed by atoms with E-state index in [2.05, 4.69) is 10.5 Å². The highest BCUT2D eigenvalue weighted by Crippen LogP contribution is 2.19. The number of nitrogens with one attached hydrogen (secondary N) is 1. The largest absolute Gasteiger partial charge is 0.356 e. The summed E-state index contributed by atoms with van der Waals surface area (Å²) in [5.74, 6) is 0.563. The number of amides is 1. The first kappa shape index (κ1) is 12.1. The lowest BCUT2D eigenvalue weighted by atomic mass is 10.2. The van der Waals surface area contributed by atoms with Gasteiger partial charge in [-0.1, -0.05) is 41.6 Å². The van der Waals surface area contributed by atoms with Crippen molar-refractivity contribution in [2.75, 3.05) is 0 Å². The molecular weight excluding hydrogens is 228 g/mol. The van der Waals surface area contributed by atoms with Crippen molar-refractivity contribution in [3.8, 4) is 11.3 Å². The normalized spacial score (nSPS) is 10.7. The van der Waals surface area contributed by atoms with Crippen molar-refractivity contribution in [2.45, 2.75) is 13.5 Å². The third-order valence-corrected chi connectivity index (χ3v) is 2.38. The van der Waals surface area contributed by atoms with E-state index in [0.717, 1.165) is 5.56 Å². The molecule has 2 aromatic rings. The topological polar surface area (TPSA) is 55.1 Å². The van der Waals surface area contributed by atoms with Gasteiger partial charge in [0, 0.05) is 11.6 Å². The van der Waals surface area contributed by atoms with Gasteiger partial charge in [-0.05, 0) is 13.0 Å². The molecule has 0 fully saturated rings. The van der Waals surface area contributed by atoms with E-state index in [1.807, 2.05) is 36.4 Å². The highest BCUT2D eigenvalue weighted by atomic mass is 16.5. The molecule has 1 aromatic heterocycles. The van der Waals surface area contributed by atoms with Gasteiger partial charge in [-0.3, -0.25) is 4.79 Å². The standard InChI is InChI=1S/C14H14N2O2/c1-2-6-14(17)15-10-12-9-13(18-16-12)11-7-4-3-5-8-11/h2-9H,10H2,1H3,(H,15,17)/b6-2-. The minimum absolute atomic E-state index is 0.137. The van der Waals surface area contributed by atoms with Crippen LogP contribution in [0.15, 0.2) is 53.1 Å². The van der Waals surface area contributed by atoms with E-state index in [1.165, 1.54) is 6.08 Å². The van der Waals surface area contributed by atoms with Crippen molar-refractivity contribution in [1.29, 1.82) is 0 Å². The van der Waals surface area contributed by atoms with E-state index in [4.69, 9.17) is 4.52 Å². The van der Waals surface area contributed by atoms with Crippen molar-refractivity contribution in [3.63, 3.8) is 0 Å². The average molecular weight is 242 g/mol. The second-order valence-corrected chi connectivity index (χ2v) is 3.77. The molecule has 0 saturated heterocycles. The summed E-state index contributed by atoms with van der Waals surface area (Å²) >= 11 is 0. The highest BCUT2D eigenvalue weighted by Gasteiger charge is 2.06. The minimum atomic E-state index is -0.137. The molecule has 0 unspecified atom stereocenters. The van der Waals surface area contributed by atoms with Crippen LogP contribution in [0.3, 0.4) is 0 Å². The first-order chi connectivity index (χ1) is 8.79. The number of aromatic nitrogens is 1. The quantitative estimate of drug-likeness (QED) is 0.838. The van der Waals surface area contributed by atoms with Crippen LogP contribution in [-0.4, -0.2) is 11.1 Å². The summed E-state index contributed by atoms with van der Waals surface area (Å²) in [5, 5.41) is 6.63. The molecule has 1 N–H and O–H groups in total. The summed E-state index contributed by atoms with van der Waals surface area (Å²) in [6, 6.07) is 11.5. The van der Waals surface area contributed by atoms with Crippen LogP contribution in [0.25, 0.3) is 11.3 Å². The highest BCUT2D eigenvalue weighted by molar-refractivity contribution is 5.87. The van der Waals surface area contributed by atoms with Gasteiger partial charge in [0.1, 0.15) is 5.69 Å². The Balaban J connectivity index is 2.01. The SMILES string of the molecule is C/C=C\C(=O)NCc1cc(-c2ccccc2)on1. The molecule has 1 amide bonds. The monoisotopic (exact) mass is 242 g/mol. The Morgan fingerprint density at radius 1 is 1.39 bits per heavy atom. The summed E-state index contributed by atoms with van der Waals surface area (Å²) in [7, 11) is 0. The van der Waals surface area contributed by atoms with E-state index in [1.54, 1.807) is 13.0 Å². The lowest BCUT2D eigenvalue weighted by molar-refractivity contribution is -0.116.